The van der Waals surface area contributed by atoms with E-state index in [1.807, 2.05) is 25.1 Å². The molecule has 1 saturated heterocycles. The van der Waals surface area contributed by atoms with Crippen LogP contribution in [0.4, 0.5) is 0 Å². The minimum Gasteiger partial charge on any atom is -0.493 e. The quantitative estimate of drug-likeness (QED) is 0.848. The normalized spacial score (nSPS) is 14.1. The van der Waals surface area contributed by atoms with Crippen LogP contribution in [-0.2, 0) is 6.61 Å². The molecule has 122 valence electrons. The van der Waals surface area contributed by atoms with Crippen LogP contribution in [0.15, 0.2) is 28.9 Å². The summed E-state index contributed by atoms with van der Waals surface area (Å²) in [7, 11) is 1.60. The smallest absolute Gasteiger partial charge is 0.275 e. The standard InChI is InChI=1S/C17H20N2O4/c1-12-5-6-14(15(9-12)21-2)22-11-16-18-13(10-23-16)17(20)19-7-3-4-8-19/h5-6,9-10H,3-4,7-8,11H2,1-2H3. The summed E-state index contributed by atoms with van der Waals surface area (Å²) in [4.78, 5) is 18.2. The molecule has 1 aliphatic heterocycles. The van der Waals surface area contributed by atoms with Crippen molar-refractivity contribution in [2.24, 2.45) is 0 Å². The third-order valence-electron chi connectivity index (χ3n) is 3.83. The summed E-state index contributed by atoms with van der Waals surface area (Å²) in [6, 6.07) is 5.68. The van der Waals surface area contributed by atoms with Crippen LogP contribution in [0.25, 0.3) is 0 Å². The summed E-state index contributed by atoms with van der Waals surface area (Å²) in [6.45, 7) is 3.71. The van der Waals surface area contributed by atoms with Gasteiger partial charge in [-0.25, -0.2) is 4.98 Å². The van der Waals surface area contributed by atoms with Crippen LogP contribution >= 0.6 is 0 Å². The second-order valence-corrected chi connectivity index (χ2v) is 5.57. The van der Waals surface area contributed by atoms with E-state index in [1.165, 1.54) is 6.26 Å². The van der Waals surface area contributed by atoms with Crippen LogP contribution in [0.5, 0.6) is 11.5 Å². The molecule has 0 aliphatic carbocycles. The highest BCUT2D eigenvalue weighted by Gasteiger charge is 2.22. The lowest BCUT2D eigenvalue weighted by atomic mass is 10.2. The number of amides is 1. The van der Waals surface area contributed by atoms with E-state index in [4.69, 9.17) is 13.9 Å². The minimum absolute atomic E-state index is 0.0783. The molecule has 6 heteroatoms. The second-order valence-electron chi connectivity index (χ2n) is 5.57. The molecule has 23 heavy (non-hydrogen) atoms. The van der Waals surface area contributed by atoms with Crippen LogP contribution in [0.3, 0.4) is 0 Å². The number of carbonyl (C=O) groups excluding carboxylic acids is 1. The van der Waals surface area contributed by atoms with Crippen LogP contribution in [0, 0.1) is 6.92 Å². The predicted molar refractivity (Wildman–Crippen MR) is 83.7 cm³/mol. The SMILES string of the molecule is COc1cc(C)ccc1OCc1nc(C(=O)N2CCCC2)co1. The van der Waals surface area contributed by atoms with Crippen molar-refractivity contribution < 1.29 is 18.7 Å². The number of hydrogen-bond acceptors (Lipinski definition) is 5. The first-order valence-corrected chi connectivity index (χ1v) is 7.68. The molecule has 1 fully saturated rings. The monoisotopic (exact) mass is 316 g/mol. The van der Waals surface area contributed by atoms with E-state index in [9.17, 15) is 4.79 Å². The molecule has 0 atom stereocenters. The van der Waals surface area contributed by atoms with Gasteiger partial charge in [0.15, 0.2) is 23.8 Å². The van der Waals surface area contributed by atoms with E-state index < -0.39 is 0 Å². The van der Waals surface area contributed by atoms with Gasteiger partial charge in [0.05, 0.1) is 7.11 Å². The van der Waals surface area contributed by atoms with E-state index in [0.29, 0.717) is 23.1 Å². The molecule has 3 rings (SSSR count). The Labute approximate surface area is 135 Å². The topological polar surface area (TPSA) is 64.8 Å². The zero-order valence-electron chi connectivity index (χ0n) is 13.4. The molecule has 1 aromatic carbocycles. The van der Waals surface area contributed by atoms with Crippen molar-refractivity contribution in [2.45, 2.75) is 26.4 Å². The summed E-state index contributed by atoms with van der Waals surface area (Å²) in [5.41, 5.74) is 1.42. The number of aryl methyl sites for hydroxylation is 1. The fourth-order valence-corrected chi connectivity index (χ4v) is 2.59. The number of oxazole rings is 1. The molecule has 0 radical (unpaired) electrons. The molecule has 1 amide bonds. The zero-order chi connectivity index (χ0) is 16.2. The van der Waals surface area contributed by atoms with Gasteiger partial charge in [-0.1, -0.05) is 6.07 Å². The molecular formula is C17H20N2O4. The fraction of sp³-hybridized carbons (Fsp3) is 0.412. The Hall–Kier alpha value is -2.50. The molecule has 6 nitrogen and oxygen atoms in total. The first-order valence-electron chi connectivity index (χ1n) is 7.68. The number of aromatic nitrogens is 1. The number of likely N-dealkylation sites (tertiary alicyclic amines) is 1. The Morgan fingerprint density at radius 2 is 2.09 bits per heavy atom. The van der Waals surface area contributed by atoms with Crippen molar-refractivity contribution in [1.82, 2.24) is 9.88 Å². The largest absolute Gasteiger partial charge is 0.493 e. The lowest BCUT2D eigenvalue weighted by Crippen LogP contribution is -2.27. The molecule has 0 unspecified atom stereocenters. The molecule has 2 aromatic rings. The van der Waals surface area contributed by atoms with Gasteiger partial charge in [0, 0.05) is 13.1 Å². The Kier molecular flexibility index (Phi) is 4.50. The van der Waals surface area contributed by atoms with Crippen LogP contribution < -0.4 is 9.47 Å². The maximum absolute atomic E-state index is 12.2. The fourth-order valence-electron chi connectivity index (χ4n) is 2.59. The lowest BCUT2D eigenvalue weighted by Gasteiger charge is -2.12. The van der Waals surface area contributed by atoms with Crippen molar-refractivity contribution in [2.75, 3.05) is 20.2 Å². The first-order chi connectivity index (χ1) is 11.2. The number of nitrogens with zero attached hydrogens (tertiary/aromatic N) is 2. The molecule has 1 aliphatic rings. The van der Waals surface area contributed by atoms with Crippen molar-refractivity contribution in [1.29, 1.82) is 0 Å². The van der Waals surface area contributed by atoms with Crippen molar-refractivity contribution >= 4 is 5.91 Å². The average molecular weight is 316 g/mol. The van der Waals surface area contributed by atoms with E-state index in [0.717, 1.165) is 31.5 Å². The number of methoxy groups -OCH3 is 1. The summed E-state index contributed by atoms with van der Waals surface area (Å²) < 4.78 is 16.3. The first kappa shape index (κ1) is 15.4. The molecule has 2 heterocycles. The zero-order valence-corrected chi connectivity index (χ0v) is 13.4. The highest BCUT2D eigenvalue weighted by atomic mass is 16.5. The number of carbonyl (C=O) groups is 1. The van der Waals surface area contributed by atoms with Crippen LogP contribution in [0.2, 0.25) is 0 Å². The third kappa shape index (κ3) is 3.47. The lowest BCUT2D eigenvalue weighted by molar-refractivity contribution is 0.0787. The van der Waals surface area contributed by atoms with Gasteiger partial charge in [-0.15, -0.1) is 0 Å². The van der Waals surface area contributed by atoms with Gasteiger partial charge in [-0.3, -0.25) is 4.79 Å². The average Bonchev–Trinajstić information content (AvgIpc) is 3.24. The van der Waals surface area contributed by atoms with Crippen molar-refractivity contribution in [3.63, 3.8) is 0 Å². The van der Waals surface area contributed by atoms with Gasteiger partial charge in [0.25, 0.3) is 5.91 Å². The number of rotatable bonds is 5. The number of hydrogen-bond donors (Lipinski definition) is 0. The number of benzene rings is 1. The Morgan fingerprint density at radius 1 is 1.30 bits per heavy atom. The van der Waals surface area contributed by atoms with Gasteiger partial charge in [-0.05, 0) is 37.5 Å². The van der Waals surface area contributed by atoms with Gasteiger partial charge in [0.1, 0.15) is 6.26 Å². The summed E-state index contributed by atoms with van der Waals surface area (Å²) >= 11 is 0. The highest BCUT2D eigenvalue weighted by molar-refractivity contribution is 5.92. The Balaban J connectivity index is 1.64. The highest BCUT2D eigenvalue weighted by Crippen LogP contribution is 2.28. The van der Waals surface area contributed by atoms with Crippen molar-refractivity contribution in [3.05, 3.63) is 41.6 Å². The van der Waals surface area contributed by atoms with Crippen molar-refractivity contribution in [3.8, 4) is 11.5 Å². The molecule has 0 saturated carbocycles. The molecule has 0 bridgehead atoms. The Morgan fingerprint density at radius 3 is 2.83 bits per heavy atom. The van der Waals surface area contributed by atoms with Crippen LogP contribution in [0.1, 0.15) is 34.8 Å². The third-order valence-corrected chi connectivity index (χ3v) is 3.83. The number of ether oxygens (including phenoxy) is 2. The van der Waals surface area contributed by atoms with Gasteiger partial charge >= 0.3 is 0 Å². The van der Waals surface area contributed by atoms with E-state index in [-0.39, 0.29) is 12.5 Å². The maximum Gasteiger partial charge on any atom is 0.275 e. The Bertz CT molecular complexity index is 690. The predicted octanol–water partition coefficient (Wildman–Crippen LogP) is 2.81. The van der Waals surface area contributed by atoms with E-state index in [1.54, 1.807) is 12.0 Å². The van der Waals surface area contributed by atoms with Gasteiger partial charge < -0.3 is 18.8 Å². The van der Waals surface area contributed by atoms with Gasteiger partial charge in [-0.2, -0.15) is 0 Å². The molecule has 1 aromatic heterocycles. The maximum atomic E-state index is 12.2. The minimum atomic E-state index is -0.0783. The second kappa shape index (κ2) is 6.73. The summed E-state index contributed by atoms with van der Waals surface area (Å²) in [5, 5.41) is 0. The van der Waals surface area contributed by atoms with Crippen LogP contribution in [-0.4, -0.2) is 36.0 Å². The molecule has 0 N–H and O–H groups in total. The van der Waals surface area contributed by atoms with E-state index in [2.05, 4.69) is 4.98 Å². The summed E-state index contributed by atoms with van der Waals surface area (Å²) in [6.07, 6.45) is 3.49. The van der Waals surface area contributed by atoms with E-state index >= 15 is 0 Å². The van der Waals surface area contributed by atoms with Gasteiger partial charge in [0.2, 0.25) is 5.89 Å². The molecule has 0 spiro atoms. The molecular weight excluding hydrogens is 296 g/mol. The summed E-state index contributed by atoms with van der Waals surface area (Å²) in [5.74, 6) is 1.56.